The normalized spacial score (nSPS) is 17.3. The number of amides is 1. The van der Waals surface area contributed by atoms with Crippen LogP contribution in [-0.2, 0) is 17.6 Å². The molecule has 1 aromatic heterocycles. The lowest BCUT2D eigenvalue weighted by Crippen LogP contribution is -2.37. The lowest BCUT2D eigenvalue weighted by Gasteiger charge is -2.19. The van der Waals surface area contributed by atoms with Gasteiger partial charge in [0.2, 0.25) is 5.91 Å². The summed E-state index contributed by atoms with van der Waals surface area (Å²) in [6.45, 7) is 8.46. The minimum atomic E-state index is 0.149. The molecule has 6 nitrogen and oxygen atoms in total. The van der Waals surface area contributed by atoms with Gasteiger partial charge in [0.1, 0.15) is 15.8 Å². The zero-order chi connectivity index (χ0) is 24.4. The maximum atomic E-state index is 12.5. The molecule has 1 atom stereocenters. The predicted octanol–water partition coefficient (Wildman–Crippen LogP) is 5.42. The zero-order valence-corrected chi connectivity index (χ0v) is 21.7. The highest BCUT2D eigenvalue weighted by molar-refractivity contribution is 7.17. The lowest BCUT2D eigenvalue weighted by molar-refractivity contribution is -0.129. The average molecular weight is 491 g/mol. The van der Waals surface area contributed by atoms with Crippen LogP contribution < -0.4 is 10.1 Å². The van der Waals surface area contributed by atoms with Gasteiger partial charge in [0.15, 0.2) is 0 Å². The minimum absolute atomic E-state index is 0.149. The van der Waals surface area contributed by atoms with Gasteiger partial charge >= 0.3 is 0 Å². The number of ether oxygens (including phenoxy) is 1. The van der Waals surface area contributed by atoms with E-state index >= 15 is 0 Å². The van der Waals surface area contributed by atoms with E-state index < -0.39 is 0 Å². The van der Waals surface area contributed by atoms with Gasteiger partial charge in [0, 0.05) is 30.3 Å². The molecule has 1 aliphatic heterocycles. The van der Waals surface area contributed by atoms with E-state index in [-0.39, 0.29) is 18.1 Å². The molecular formula is C28H34N4O2S. The van der Waals surface area contributed by atoms with Crippen LogP contribution in [0.4, 0.5) is 0 Å². The summed E-state index contributed by atoms with van der Waals surface area (Å²) in [6.07, 6.45) is 5.29. The van der Waals surface area contributed by atoms with Gasteiger partial charge in [-0.2, -0.15) is 0 Å². The molecule has 35 heavy (non-hydrogen) atoms. The summed E-state index contributed by atoms with van der Waals surface area (Å²) in [5.74, 6) is 1.16. The van der Waals surface area contributed by atoms with Gasteiger partial charge in [-0.1, -0.05) is 36.5 Å². The summed E-state index contributed by atoms with van der Waals surface area (Å²) < 4.78 is 5.96. The standard InChI is InChI=1S/C28H34N4O2S/c1-4-19-16-20(10-13-25(19)34-18(2)3)27-30-31-28(35-27)23-9-7-8-22-21(23)11-12-24(22)29-17-26(33)32-14-5-6-15-32/h7-10,13,16,18,24,29H,4-6,11-12,14-15,17H2,1-3H3/t24-/m0/s1. The highest BCUT2D eigenvalue weighted by atomic mass is 32.1. The topological polar surface area (TPSA) is 67.4 Å². The van der Waals surface area contributed by atoms with Gasteiger partial charge in [-0.25, -0.2) is 0 Å². The third-order valence-electron chi connectivity index (χ3n) is 6.94. The first-order valence-corrected chi connectivity index (χ1v) is 13.6. The molecule has 7 heteroatoms. The van der Waals surface area contributed by atoms with Crippen LogP contribution in [0.3, 0.4) is 0 Å². The Morgan fingerprint density at radius 3 is 2.74 bits per heavy atom. The van der Waals surface area contributed by atoms with E-state index in [0.29, 0.717) is 6.54 Å². The maximum Gasteiger partial charge on any atom is 0.236 e. The van der Waals surface area contributed by atoms with Crippen molar-refractivity contribution in [1.82, 2.24) is 20.4 Å². The van der Waals surface area contributed by atoms with E-state index in [0.717, 1.165) is 72.1 Å². The Kier molecular flexibility index (Phi) is 7.16. The molecule has 2 aromatic carbocycles. The van der Waals surface area contributed by atoms with Gasteiger partial charge in [0.25, 0.3) is 0 Å². The molecule has 1 amide bonds. The van der Waals surface area contributed by atoms with Crippen molar-refractivity contribution in [1.29, 1.82) is 0 Å². The number of hydrogen-bond donors (Lipinski definition) is 1. The molecule has 1 fully saturated rings. The van der Waals surface area contributed by atoms with E-state index in [2.05, 4.69) is 58.8 Å². The molecule has 0 radical (unpaired) electrons. The molecule has 0 bridgehead atoms. The number of nitrogens with zero attached hydrogens (tertiary/aromatic N) is 3. The Morgan fingerprint density at radius 1 is 1.17 bits per heavy atom. The second-order valence-corrected chi connectivity index (χ2v) is 10.7. The highest BCUT2D eigenvalue weighted by Crippen LogP contribution is 2.40. The van der Waals surface area contributed by atoms with E-state index in [1.807, 2.05) is 18.7 Å². The number of aryl methyl sites for hydroxylation is 1. The summed E-state index contributed by atoms with van der Waals surface area (Å²) in [7, 11) is 0. The van der Waals surface area contributed by atoms with Crippen molar-refractivity contribution >= 4 is 17.2 Å². The fourth-order valence-corrected chi connectivity index (χ4v) is 6.05. The van der Waals surface area contributed by atoms with Crippen LogP contribution in [-0.4, -0.2) is 46.7 Å². The van der Waals surface area contributed by atoms with E-state index in [1.165, 1.54) is 16.7 Å². The SMILES string of the molecule is CCc1cc(-c2nnc(-c3cccc4c3CC[C@@H]4NCC(=O)N3CCCC3)s2)ccc1OC(C)C. The summed E-state index contributed by atoms with van der Waals surface area (Å²) in [5.41, 5.74) is 6.05. The monoisotopic (exact) mass is 490 g/mol. The van der Waals surface area contributed by atoms with E-state index in [1.54, 1.807) is 11.3 Å². The molecule has 0 unspecified atom stereocenters. The average Bonchev–Trinajstić information content (AvgIpc) is 3.63. The van der Waals surface area contributed by atoms with Gasteiger partial charge < -0.3 is 15.0 Å². The second kappa shape index (κ2) is 10.5. The fourth-order valence-electron chi connectivity index (χ4n) is 5.16. The highest BCUT2D eigenvalue weighted by Gasteiger charge is 2.27. The molecule has 1 N–H and O–H groups in total. The van der Waals surface area contributed by atoms with Crippen molar-refractivity contribution in [2.75, 3.05) is 19.6 Å². The van der Waals surface area contributed by atoms with Gasteiger partial charge in [-0.3, -0.25) is 4.79 Å². The molecule has 5 rings (SSSR count). The van der Waals surface area contributed by atoms with Crippen molar-refractivity contribution in [2.45, 2.75) is 65.0 Å². The van der Waals surface area contributed by atoms with Crippen LogP contribution in [0.15, 0.2) is 36.4 Å². The van der Waals surface area contributed by atoms with Crippen molar-refractivity contribution in [3.63, 3.8) is 0 Å². The Hall–Kier alpha value is -2.77. The number of fused-ring (bicyclic) bond motifs is 1. The predicted molar refractivity (Wildman–Crippen MR) is 141 cm³/mol. The largest absolute Gasteiger partial charge is 0.491 e. The van der Waals surface area contributed by atoms with Gasteiger partial charge in [0.05, 0.1) is 12.6 Å². The second-order valence-electron chi connectivity index (χ2n) is 9.69. The van der Waals surface area contributed by atoms with Crippen LogP contribution in [0.5, 0.6) is 5.75 Å². The third kappa shape index (κ3) is 5.11. The minimum Gasteiger partial charge on any atom is -0.491 e. The molecule has 1 aliphatic carbocycles. The van der Waals surface area contributed by atoms with Crippen LogP contribution in [0, 0.1) is 0 Å². The Labute approximate surface area is 211 Å². The Morgan fingerprint density at radius 2 is 1.97 bits per heavy atom. The first-order chi connectivity index (χ1) is 17.0. The van der Waals surface area contributed by atoms with Crippen molar-refractivity contribution in [3.8, 4) is 26.9 Å². The van der Waals surface area contributed by atoms with Crippen LogP contribution in [0.2, 0.25) is 0 Å². The summed E-state index contributed by atoms with van der Waals surface area (Å²) in [4.78, 5) is 14.5. The Bertz CT molecular complexity index is 1200. The fraction of sp³-hybridized carbons (Fsp3) is 0.464. The molecular weight excluding hydrogens is 456 g/mol. The van der Waals surface area contributed by atoms with Crippen molar-refractivity contribution < 1.29 is 9.53 Å². The lowest BCUT2D eigenvalue weighted by atomic mass is 10.0. The molecule has 0 saturated carbocycles. The number of carbonyl (C=O) groups is 1. The number of benzene rings is 2. The third-order valence-corrected chi connectivity index (χ3v) is 7.94. The molecule has 0 spiro atoms. The molecule has 2 heterocycles. The first-order valence-electron chi connectivity index (χ1n) is 12.8. The van der Waals surface area contributed by atoms with Gasteiger partial charge in [-0.15, -0.1) is 10.2 Å². The van der Waals surface area contributed by atoms with Gasteiger partial charge in [-0.05, 0) is 80.8 Å². The van der Waals surface area contributed by atoms with E-state index in [9.17, 15) is 4.79 Å². The van der Waals surface area contributed by atoms with Crippen molar-refractivity contribution in [2.24, 2.45) is 0 Å². The molecule has 3 aromatic rings. The van der Waals surface area contributed by atoms with E-state index in [4.69, 9.17) is 4.74 Å². The zero-order valence-electron chi connectivity index (χ0n) is 20.8. The number of likely N-dealkylation sites (tertiary alicyclic amines) is 1. The van der Waals surface area contributed by atoms with Crippen LogP contribution in [0.25, 0.3) is 21.1 Å². The summed E-state index contributed by atoms with van der Waals surface area (Å²) in [6, 6.07) is 13.0. The summed E-state index contributed by atoms with van der Waals surface area (Å²) >= 11 is 1.64. The number of carbonyl (C=O) groups excluding carboxylic acids is 1. The van der Waals surface area contributed by atoms with Crippen LogP contribution >= 0.6 is 11.3 Å². The summed E-state index contributed by atoms with van der Waals surface area (Å²) in [5, 5.41) is 14.5. The number of rotatable bonds is 8. The first kappa shape index (κ1) is 23.9. The number of hydrogen-bond acceptors (Lipinski definition) is 6. The molecule has 2 aliphatic rings. The van der Waals surface area contributed by atoms with Crippen molar-refractivity contribution in [3.05, 3.63) is 53.1 Å². The molecule has 1 saturated heterocycles. The smallest absolute Gasteiger partial charge is 0.236 e. The maximum absolute atomic E-state index is 12.5. The number of nitrogens with one attached hydrogen (secondary N) is 1. The van der Waals surface area contributed by atoms with Crippen LogP contribution in [0.1, 0.15) is 62.8 Å². The molecule has 184 valence electrons. The number of aromatic nitrogens is 2. The Balaban J connectivity index is 1.33. The quantitative estimate of drug-likeness (QED) is 0.457.